The Morgan fingerprint density at radius 1 is 1.00 bits per heavy atom. The van der Waals surface area contributed by atoms with Gasteiger partial charge in [-0.25, -0.2) is 0 Å². The summed E-state index contributed by atoms with van der Waals surface area (Å²) in [5.41, 5.74) is 1.38. The highest BCUT2D eigenvalue weighted by Crippen LogP contribution is 2.35. The summed E-state index contributed by atoms with van der Waals surface area (Å²) in [5, 5.41) is 8.54. The van der Waals surface area contributed by atoms with Crippen LogP contribution in [0.1, 0.15) is 22.7 Å². The molecule has 142 valence electrons. The van der Waals surface area contributed by atoms with Crippen molar-refractivity contribution < 1.29 is 14.2 Å². The Hall–Kier alpha value is -3.06. The van der Waals surface area contributed by atoms with Gasteiger partial charge in [0.1, 0.15) is 12.4 Å². The minimum Gasteiger partial charge on any atom is -0.485 e. The van der Waals surface area contributed by atoms with Crippen LogP contribution in [-0.4, -0.2) is 21.4 Å². The van der Waals surface area contributed by atoms with Gasteiger partial charge in [-0.1, -0.05) is 41.7 Å². The molecule has 6 nitrogen and oxygen atoms in total. The van der Waals surface area contributed by atoms with Gasteiger partial charge in [0.2, 0.25) is 11.8 Å². The molecule has 0 atom stereocenters. The average molecular weight is 393 g/mol. The van der Waals surface area contributed by atoms with Gasteiger partial charge in [-0.2, -0.15) is 0 Å². The summed E-state index contributed by atoms with van der Waals surface area (Å²) >= 11 is 1.69. The van der Waals surface area contributed by atoms with Gasteiger partial charge in [0.15, 0.2) is 17.3 Å². The van der Waals surface area contributed by atoms with Crippen molar-refractivity contribution in [3.8, 4) is 17.2 Å². The number of aromatic nitrogens is 3. The molecule has 0 radical (unpaired) electrons. The topological polar surface area (TPSA) is 57.9 Å². The van der Waals surface area contributed by atoms with Gasteiger partial charge in [0.25, 0.3) is 0 Å². The highest BCUT2D eigenvalue weighted by Gasteiger charge is 2.15. The molecule has 1 aliphatic heterocycles. The lowest BCUT2D eigenvalue weighted by atomic mass is 10.1. The molecule has 0 saturated carbocycles. The Labute approximate surface area is 166 Å². The van der Waals surface area contributed by atoms with Crippen molar-refractivity contribution in [1.29, 1.82) is 0 Å². The minimum atomic E-state index is 0.255. The van der Waals surface area contributed by atoms with E-state index in [4.69, 9.17) is 14.2 Å². The normalized spacial score (nSPS) is 12.6. The lowest BCUT2D eigenvalue weighted by Crippen LogP contribution is -2.00. The van der Waals surface area contributed by atoms with Crippen molar-refractivity contribution in [3.63, 3.8) is 0 Å². The molecule has 0 fully saturated rings. The van der Waals surface area contributed by atoms with Crippen LogP contribution in [-0.2, 0) is 19.4 Å². The summed E-state index contributed by atoms with van der Waals surface area (Å²) in [6, 6.07) is 16.1. The second-order valence-corrected chi connectivity index (χ2v) is 7.70. The van der Waals surface area contributed by atoms with Crippen molar-refractivity contribution in [3.05, 3.63) is 71.0 Å². The largest absolute Gasteiger partial charge is 0.485 e. The average Bonchev–Trinajstić information content (AvgIpc) is 3.43. The molecule has 7 heteroatoms. The molecular formula is C21H19N3O3S. The molecule has 0 saturated heterocycles. The number of hydrogen-bond acceptors (Lipinski definition) is 6. The fourth-order valence-electron chi connectivity index (χ4n) is 3.23. The van der Waals surface area contributed by atoms with Crippen LogP contribution in [0, 0.1) is 0 Å². The Balaban J connectivity index is 1.22. The predicted molar refractivity (Wildman–Crippen MR) is 106 cm³/mol. The van der Waals surface area contributed by atoms with Crippen LogP contribution >= 0.6 is 11.3 Å². The molecule has 0 bridgehead atoms. The molecule has 4 aromatic rings. The molecule has 1 aliphatic rings. The predicted octanol–water partition coefficient (Wildman–Crippen LogP) is 4.27. The van der Waals surface area contributed by atoms with E-state index >= 15 is 0 Å². The molecule has 5 rings (SSSR count). The third-order valence-corrected chi connectivity index (χ3v) is 5.71. The molecule has 28 heavy (non-hydrogen) atoms. The smallest absolute Gasteiger partial charge is 0.231 e. The maximum Gasteiger partial charge on any atom is 0.231 e. The molecule has 0 amide bonds. The Kier molecular flexibility index (Phi) is 4.58. The number of rotatable bonds is 7. The van der Waals surface area contributed by atoms with Gasteiger partial charge >= 0.3 is 0 Å². The first kappa shape index (κ1) is 17.1. The van der Waals surface area contributed by atoms with E-state index in [9.17, 15) is 0 Å². The number of nitrogens with zero attached hydrogens (tertiary/aromatic N) is 3. The summed E-state index contributed by atoms with van der Waals surface area (Å²) in [7, 11) is 0. The fraction of sp³-hybridized carbons (Fsp3) is 0.238. The molecule has 3 heterocycles. The quantitative estimate of drug-likeness (QED) is 0.469. The van der Waals surface area contributed by atoms with Crippen LogP contribution in [0.4, 0.5) is 0 Å². The monoisotopic (exact) mass is 393 g/mol. The van der Waals surface area contributed by atoms with Crippen molar-refractivity contribution in [2.24, 2.45) is 0 Å². The first-order chi connectivity index (χ1) is 13.8. The minimum absolute atomic E-state index is 0.255. The first-order valence-corrected chi connectivity index (χ1v) is 10.1. The van der Waals surface area contributed by atoms with E-state index in [0.29, 0.717) is 12.4 Å². The number of hydrogen-bond donors (Lipinski definition) is 0. The van der Waals surface area contributed by atoms with E-state index in [-0.39, 0.29) is 6.79 Å². The van der Waals surface area contributed by atoms with Crippen molar-refractivity contribution in [1.82, 2.24) is 14.6 Å². The van der Waals surface area contributed by atoms with Gasteiger partial charge in [0, 0.05) is 17.1 Å². The van der Waals surface area contributed by atoms with E-state index in [0.717, 1.165) is 41.5 Å². The number of thiazole rings is 1. The molecular weight excluding hydrogens is 374 g/mol. The Morgan fingerprint density at radius 3 is 2.82 bits per heavy atom. The van der Waals surface area contributed by atoms with Crippen LogP contribution in [0.5, 0.6) is 17.2 Å². The Bertz CT molecular complexity index is 1090. The van der Waals surface area contributed by atoms with Crippen LogP contribution in [0.15, 0.2) is 54.7 Å². The van der Waals surface area contributed by atoms with Crippen LogP contribution in [0.3, 0.4) is 0 Å². The van der Waals surface area contributed by atoms with Crippen LogP contribution < -0.4 is 14.2 Å². The summed E-state index contributed by atoms with van der Waals surface area (Å²) in [6.07, 6.45) is 5.36. The molecule has 0 aliphatic carbocycles. The third-order valence-electron chi connectivity index (χ3n) is 4.67. The highest BCUT2D eigenvalue weighted by molar-refractivity contribution is 7.17. The molecule has 2 aromatic heterocycles. The zero-order chi connectivity index (χ0) is 18.8. The van der Waals surface area contributed by atoms with Gasteiger partial charge < -0.3 is 14.2 Å². The third kappa shape index (κ3) is 3.53. The summed E-state index contributed by atoms with van der Waals surface area (Å²) in [6.45, 7) is 0.604. The maximum atomic E-state index is 5.88. The van der Waals surface area contributed by atoms with Crippen molar-refractivity contribution in [2.45, 2.75) is 25.9 Å². The maximum absolute atomic E-state index is 5.88. The SMILES string of the molecule is c1ccc(CCCc2cn3c(COc4ccc5c(c4)OCO5)nnc3s2)cc1. The zero-order valence-electron chi connectivity index (χ0n) is 15.2. The highest BCUT2D eigenvalue weighted by atomic mass is 32.1. The zero-order valence-corrected chi connectivity index (χ0v) is 16.0. The van der Waals surface area contributed by atoms with Crippen molar-refractivity contribution >= 4 is 16.3 Å². The van der Waals surface area contributed by atoms with Crippen molar-refractivity contribution in [2.75, 3.05) is 6.79 Å². The fourth-order valence-corrected chi connectivity index (χ4v) is 4.21. The molecule has 0 unspecified atom stereocenters. The number of aryl methyl sites for hydroxylation is 2. The first-order valence-electron chi connectivity index (χ1n) is 9.24. The van der Waals surface area contributed by atoms with E-state index < -0.39 is 0 Å². The summed E-state index contributed by atoms with van der Waals surface area (Å²) in [4.78, 5) is 2.21. The van der Waals surface area contributed by atoms with E-state index in [1.165, 1.54) is 10.4 Å². The van der Waals surface area contributed by atoms with Crippen LogP contribution in [0.2, 0.25) is 0 Å². The number of fused-ring (bicyclic) bond motifs is 2. The molecule has 0 spiro atoms. The lowest BCUT2D eigenvalue weighted by molar-refractivity contribution is 0.173. The second kappa shape index (κ2) is 7.52. The van der Waals surface area contributed by atoms with E-state index in [2.05, 4.69) is 46.7 Å². The summed E-state index contributed by atoms with van der Waals surface area (Å²) in [5.74, 6) is 2.97. The second-order valence-electron chi connectivity index (χ2n) is 6.61. The standard InChI is InChI=1S/C21H19N3O3S/c1-2-5-15(6-3-1)7-4-8-17-12-24-20(22-23-21(24)28-17)13-25-16-9-10-18-19(11-16)27-14-26-18/h1-3,5-6,9-12H,4,7-8,13-14H2. The summed E-state index contributed by atoms with van der Waals surface area (Å²) < 4.78 is 18.6. The molecule has 0 N–H and O–H groups in total. The van der Waals surface area contributed by atoms with E-state index in [1.807, 2.05) is 22.6 Å². The van der Waals surface area contributed by atoms with Gasteiger partial charge in [-0.3, -0.25) is 4.40 Å². The van der Waals surface area contributed by atoms with Gasteiger partial charge in [-0.15, -0.1) is 10.2 Å². The van der Waals surface area contributed by atoms with E-state index in [1.54, 1.807) is 11.3 Å². The Morgan fingerprint density at radius 2 is 1.89 bits per heavy atom. The number of benzene rings is 2. The van der Waals surface area contributed by atoms with Crippen LogP contribution in [0.25, 0.3) is 4.96 Å². The lowest BCUT2D eigenvalue weighted by Gasteiger charge is -2.05. The van der Waals surface area contributed by atoms with Gasteiger partial charge in [-0.05, 0) is 37.0 Å². The number of ether oxygens (including phenoxy) is 3. The van der Waals surface area contributed by atoms with Gasteiger partial charge in [0.05, 0.1) is 0 Å². The molecule has 2 aromatic carbocycles.